The molecule has 7 nitrogen and oxygen atoms in total. The van der Waals surface area contributed by atoms with Gasteiger partial charge in [0.2, 0.25) is 0 Å². The number of nitro groups is 1. The molecule has 0 saturated heterocycles. The maximum Gasteiger partial charge on any atom is 0.289 e. The summed E-state index contributed by atoms with van der Waals surface area (Å²) in [4.78, 5) is 28.0. The highest BCUT2D eigenvalue weighted by atomic mass is 35.5. The van der Waals surface area contributed by atoms with Gasteiger partial charge in [-0.15, -0.1) is 11.8 Å². The Kier molecular flexibility index (Phi) is 8.17. The molecule has 1 aliphatic carbocycles. The molecule has 0 aromatic heterocycles. The second-order valence-corrected chi connectivity index (χ2v) is 13.6. The third-order valence-electron chi connectivity index (χ3n) is 8.22. The molecule has 3 aromatic rings. The first-order valence-corrected chi connectivity index (χ1v) is 15.4. The summed E-state index contributed by atoms with van der Waals surface area (Å²) in [5.74, 6) is 0.180. The number of ketones is 1. The summed E-state index contributed by atoms with van der Waals surface area (Å²) >= 11 is 7.86. The van der Waals surface area contributed by atoms with E-state index in [9.17, 15) is 20.2 Å². The number of nitro benzene ring substituents is 1. The molecule has 0 spiro atoms. The van der Waals surface area contributed by atoms with Crippen molar-refractivity contribution >= 4 is 40.5 Å². The summed E-state index contributed by atoms with van der Waals surface area (Å²) in [7, 11) is 0. The van der Waals surface area contributed by atoms with Crippen molar-refractivity contribution in [2.75, 3.05) is 4.90 Å². The van der Waals surface area contributed by atoms with Crippen molar-refractivity contribution in [3.8, 4) is 6.07 Å². The number of carbonyl (C=O) groups is 1. The number of hydrogen-bond donors (Lipinski definition) is 1. The van der Waals surface area contributed by atoms with Crippen LogP contribution in [0.2, 0.25) is 5.02 Å². The predicted octanol–water partition coefficient (Wildman–Crippen LogP) is 8.41. The molecule has 3 aromatic carbocycles. The Morgan fingerprint density at radius 1 is 1.09 bits per heavy atom. The fraction of sp³-hybridized carbons (Fsp3) is 0.294. The second-order valence-electron chi connectivity index (χ2n) is 12.1. The molecule has 220 valence electrons. The number of allylic oxidation sites excluding steroid dienone is 3. The standard InChI is InChI=1S/C34H33ClN4O3S/c1-19-6-9-24(10-7-19)43-18-22-13-25(21(3)12-20(22)2)31-26(17-36)33(37)38(23-8-11-27(35)28(14-23)39(41)42)29-15-34(4,5)16-30(40)32(29)31/h6-14,31H,15-16,18,37H2,1-5H3. The summed E-state index contributed by atoms with van der Waals surface area (Å²) in [6.07, 6.45) is 0.818. The van der Waals surface area contributed by atoms with Crippen molar-refractivity contribution in [3.63, 3.8) is 0 Å². The van der Waals surface area contributed by atoms with Gasteiger partial charge >= 0.3 is 0 Å². The van der Waals surface area contributed by atoms with Crippen molar-refractivity contribution in [3.05, 3.63) is 120 Å². The molecule has 2 aliphatic rings. The average Bonchev–Trinajstić information content (AvgIpc) is 2.93. The van der Waals surface area contributed by atoms with E-state index in [4.69, 9.17) is 17.3 Å². The van der Waals surface area contributed by atoms with Crippen molar-refractivity contribution in [2.45, 2.75) is 64.0 Å². The third kappa shape index (κ3) is 5.80. The monoisotopic (exact) mass is 612 g/mol. The Balaban J connectivity index is 1.68. The van der Waals surface area contributed by atoms with Gasteiger partial charge in [0.1, 0.15) is 10.8 Å². The van der Waals surface area contributed by atoms with E-state index >= 15 is 0 Å². The Morgan fingerprint density at radius 3 is 2.44 bits per heavy atom. The Bertz CT molecular complexity index is 1770. The van der Waals surface area contributed by atoms with E-state index in [1.807, 2.05) is 20.8 Å². The van der Waals surface area contributed by atoms with Gasteiger partial charge in [-0.1, -0.05) is 55.3 Å². The first-order valence-electron chi connectivity index (χ1n) is 14.0. The van der Waals surface area contributed by atoms with Gasteiger partial charge in [-0.25, -0.2) is 0 Å². The van der Waals surface area contributed by atoms with Crippen LogP contribution in [0.3, 0.4) is 0 Å². The lowest BCUT2D eigenvalue weighted by atomic mass is 9.68. The van der Waals surface area contributed by atoms with E-state index in [1.54, 1.807) is 22.7 Å². The Hall–Kier alpha value is -4.06. The molecule has 0 saturated carbocycles. The number of halogens is 1. The van der Waals surface area contributed by atoms with Gasteiger partial charge in [-0.3, -0.25) is 19.8 Å². The summed E-state index contributed by atoms with van der Waals surface area (Å²) < 4.78 is 0. The molecule has 0 amide bonds. The predicted molar refractivity (Wildman–Crippen MR) is 172 cm³/mol. The van der Waals surface area contributed by atoms with Crippen molar-refractivity contribution < 1.29 is 9.72 Å². The Labute approximate surface area is 261 Å². The molecule has 1 aliphatic heterocycles. The molecule has 9 heteroatoms. The fourth-order valence-electron chi connectivity index (χ4n) is 6.07. The molecule has 0 radical (unpaired) electrons. The zero-order valence-electron chi connectivity index (χ0n) is 24.8. The highest BCUT2D eigenvalue weighted by Gasteiger charge is 2.45. The summed E-state index contributed by atoms with van der Waals surface area (Å²) in [5.41, 5.74) is 13.2. The molecule has 43 heavy (non-hydrogen) atoms. The minimum atomic E-state index is -0.647. The maximum absolute atomic E-state index is 14.0. The number of anilines is 1. The van der Waals surface area contributed by atoms with Crippen LogP contribution < -0.4 is 10.6 Å². The smallest absolute Gasteiger partial charge is 0.289 e. The molecular formula is C34H33ClN4O3S. The number of rotatable bonds is 6. The largest absolute Gasteiger partial charge is 0.384 e. The van der Waals surface area contributed by atoms with E-state index in [1.165, 1.54) is 17.7 Å². The first kappa shape index (κ1) is 30.4. The van der Waals surface area contributed by atoms with Gasteiger partial charge in [0.15, 0.2) is 5.78 Å². The lowest BCUT2D eigenvalue weighted by Crippen LogP contribution is -2.42. The van der Waals surface area contributed by atoms with Gasteiger partial charge in [0.05, 0.1) is 28.2 Å². The molecule has 1 atom stereocenters. The van der Waals surface area contributed by atoms with E-state index in [0.29, 0.717) is 29.8 Å². The zero-order valence-corrected chi connectivity index (χ0v) is 26.4. The summed E-state index contributed by atoms with van der Waals surface area (Å²) in [6, 6.07) is 19.4. The van der Waals surface area contributed by atoms with Crippen LogP contribution in [0.5, 0.6) is 0 Å². The van der Waals surface area contributed by atoms with Gasteiger partial charge in [0.25, 0.3) is 5.69 Å². The number of nitrogens with zero attached hydrogens (tertiary/aromatic N) is 3. The average molecular weight is 613 g/mol. The van der Waals surface area contributed by atoms with E-state index in [-0.39, 0.29) is 33.3 Å². The third-order valence-corrected chi connectivity index (χ3v) is 9.60. The van der Waals surface area contributed by atoms with Crippen LogP contribution in [-0.4, -0.2) is 10.7 Å². The SMILES string of the molecule is Cc1ccc(SCc2cc(C3C(C#N)=C(N)N(c4ccc(Cl)c([N+](=O)[O-])c4)C4=C3C(=O)CC(C)(C)C4)c(C)cc2C)cc1. The first-order chi connectivity index (χ1) is 20.3. The summed E-state index contributed by atoms with van der Waals surface area (Å²) in [6.45, 7) is 10.2. The quantitative estimate of drug-likeness (QED) is 0.169. The van der Waals surface area contributed by atoms with Crippen LogP contribution in [0.1, 0.15) is 60.4 Å². The number of nitriles is 1. The number of benzene rings is 3. The van der Waals surface area contributed by atoms with Crippen LogP contribution >= 0.6 is 23.4 Å². The van der Waals surface area contributed by atoms with Crippen LogP contribution in [0.25, 0.3) is 0 Å². The lowest BCUT2D eigenvalue weighted by Gasteiger charge is -2.44. The molecule has 2 N–H and O–H groups in total. The lowest BCUT2D eigenvalue weighted by molar-refractivity contribution is -0.384. The minimum absolute atomic E-state index is 0.00716. The molecule has 0 bridgehead atoms. The second kappa shape index (κ2) is 11.6. The highest BCUT2D eigenvalue weighted by molar-refractivity contribution is 7.98. The normalized spacial score (nSPS) is 18.0. The molecule has 5 rings (SSSR count). The van der Waals surface area contributed by atoms with E-state index in [0.717, 1.165) is 32.9 Å². The Morgan fingerprint density at radius 2 is 1.79 bits per heavy atom. The number of nitrogens with two attached hydrogens (primary N) is 1. The molecule has 1 heterocycles. The van der Waals surface area contributed by atoms with Crippen LogP contribution in [-0.2, 0) is 10.5 Å². The fourth-order valence-corrected chi connectivity index (χ4v) is 7.22. The van der Waals surface area contributed by atoms with Crippen molar-refractivity contribution in [2.24, 2.45) is 11.1 Å². The van der Waals surface area contributed by atoms with Gasteiger partial charge < -0.3 is 5.73 Å². The van der Waals surface area contributed by atoms with E-state index < -0.39 is 10.8 Å². The minimum Gasteiger partial charge on any atom is -0.384 e. The summed E-state index contributed by atoms with van der Waals surface area (Å²) in [5, 5.41) is 22.3. The number of Topliss-reactive ketones (excluding diaryl/α,β-unsaturated/α-hetero) is 1. The molecular weight excluding hydrogens is 580 g/mol. The van der Waals surface area contributed by atoms with Crippen LogP contribution in [0, 0.1) is 47.6 Å². The van der Waals surface area contributed by atoms with Crippen LogP contribution in [0.4, 0.5) is 11.4 Å². The topological polar surface area (TPSA) is 113 Å². The number of aryl methyl sites for hydroxylation is 3. The van der Waals surface area contributed by atoms with Crippen LogP contribution in [0.15, 0.2) is 82.2 Å². The zero-order chi connectivity index (χ0) is 31.2. The number of carbonyl (C=O) groups excluding carboxylic acids is 1. The number of hydrogen-bond acceptors (Lipinski definition) is 7. The van der Waals surface area contributed by atoms with Gasteiger partial charge in [-0.05, 0) is 79.1 Å². The molecule has 0 fully saturated rings. The van der Waals surface area contributed by atoms with E-state index in [2.05, 4.69) is 56.3 Å². The molecule has 1 unspecified atom stereocenters. The highest BCUT2D eigenvalue weighted by Crippen LogP contribution is 2.51. The van der Waals surface area contributed by atoms with Crippen molar-refractivity contribution in [1.82, 2.24) is 0 Å². The van der Waals surface area contributed by atoms with Gasteiger partial charge in [0, 0.05) is 34.4 Å². The van der Waals surface area contributed by atoms with Gasteiger partial charge in [-0.2, -0.15) is 5.26 Å². The van der Waals surface area contributed by atoms with Crippen molar-refractivity contribution in [1.29, 1.82) is 5.26 Å². The maximum atomic E-state index is 14.0. The number of thioether (sulfide) groups is 1.